The van der Waals surface area contributed by atoms with Crippen molar-refractivity contribution in [3.05, 3.63) is 16.1 Å². The molecule has 76 valence electrons. The van der Waals surface area contributed by atoms with E-state index in [2.05, 4.69) is 17.2 Å². The summed E-state index contributed by atoms with van der Waals surface area (Å²) in [6.45, 7) is 2.52. The Hall–Kier alpha value is -0.940. The van der Waals surface area contributed by atoms with E-state index in [-0.39, 0.29) is 5.91 Å². The van der Waals surface area contributed by atoms with Gasteiger partial charge in [0.1, 0.15) is 10.7 Å². The SMILES string of the molecule is CC1CC1NC(=O)c1csc(CN)n1. The minimum absolute atomic E-state index is 0.0738. The normalized spacial score (nSPS) is 24.7. The second-order valence-corrected chi connectivity index (χ2v) is 4.57. The van der Waals surface area contributed by atoms with E-state index in [1.54, 1.807) is 5.38 Å². The molecule has 5 heteroatoms. The van der Waals surface area contributed by atoms with Crippen LogP contribution in [0.2, 0.25) is 0 Å². The Bertz CT molecular complexity index is 350. The van der Waals surface area contributed by atoms with E-state index in [1.807, 2.05) is 0 Å². The topological polar surface area (TPSA) is 68.0 Å². The van der Waals surface area contributed by atoms with Crippen molar-refractivity contribution in [2.75, 3.05) is 0 Å². The molecule has 3 N–H and O–H groups in total. The van der Waals surface area contributed by atoms with E-state index in [0.717, 1.165) is 11.4 Å². The predicted molar refractivity (Wildman–Crippen MR) is 55.0 cm³/mol. The molecule has 4 nitrogen and oxygen atoms in total. The molecule has 1 saturated carbocycles. The van der Waals surface area contributed by atoms with Gasteiger partial charge in [-0.1, -0.05) is 6.92 Å². The lowest BCUT2D eigenvalue weighted by Crippen LogP contribution is -2.26. The zero-order chi connectivity index (χ0) is 10.1. The van der Waals surface area contributed by atoms with Crippen LogP contribution >= 0.6 is 11.3 Å². The summed E-state index contributed by atoms with van der Waals surface area (Å²) in [5.41, 5.74) is 5.91. The second-order valence-electron chi connectivity index (χ2n) is 3.62. The fourth-order valence-corrected chi connectivity index (χ4v) is 1.93. The lowest BCUT2D eigenvalue weighted by atomic mass is 10.4. The van der Waals surface area contributed by atoms with Crippen molar-refractivity contribution in [3.8, 4) is 0 Å². The highest BCUT2D eigenvalue weighted by molar-refractivity contribution is 7.09. The summed E-state index contributed by atoms with van der Waals surface area (Å²) in [6.07, 6.45) is 1.08. The van der Waals surface area contributed by atoms with Gasteiger partial charge in [-0.3, -0.25) is 4.79 Å². The molecule has 2 rings (SSSR count). The second kappa shape index (κ2) is 3.67. The maximum Gasteiger partial charge on any atom is 0.270 e. The molecule has 0 aromatic carbocycles. The van der Waals surface area contributed by atoms with E-state index in [9.17, 15) is 4.79 Å². The number of aromatic nitrogens is 1. The maximum absolute atomic E-state index is 11.6. The van der Waals surface area contributed by atoms with Crippen molar-refractivity contribution < 1.29 is 4.79 Å². The number of hydrogen-bond acceptors (Lipinski definition) is 4. The van der Waals surface area contributed by atoms with E-state index < -0.39 is 0 Å². The number of thiazole rings is 1. The highest BCUT2D eigenvalue weighted by Gasteiger charge is 2.34. The minimum Gasteiger partial charge on any atom is -0.348 e. The zero-order valence-electron chi connectivity index (χ0n) is 7.99. The molecule has 2 unspecified atom stereocenters. The van der Waals surface area contributed by atoms with Gasteiger partial charge in [0.25, 0.3) is 5.91 Å². The average molecular weight is 211 g/mol. The molecule has 0 radical (unpaired) electrons. The smallest absolute Gasteiger partial charge is 0.270 e. The molecule has 1 amide bonds. The van der Waals surface area contributed by atoms with Gasteiger partial charge in [0.15, 0.2) is 0 Å². The van der Waals surface area contributed by atoms with Crippen molar-refractivity contribution in [3.63, 3.8) is 0 Å². The maximum atomic E-state index is 11.6. The van der Waals surface area contributed by atoms with Crippen molar-refractivity contribution in [2.24, 2.45) is 11.7 Å². The molecule has 0 aliphatic heterocycles. The molecule has 1 aromatic rings. The molecule has 1 aromatic heterocycles. The molecule has 1 aliphatic carbocycles. The predicted octanol–water partition coefficient (Wildman–Crippen LogP) is 0.740. The van der Waals surface area contributed by atoms with Gasteiger partial charge in [-0.2, -0.15) is 0 Å². The third-order valence-electron chi connectivity index (χ3n) is 2.38. The van der Waals surface area contributed by atoms with Crippen LogP contribution in [0.25, 0.3) is 0 Å². The fourth-order valence-electron chi connectivity index (χ4n) is 1.27. The van der Waals surface area contributed by atoms with Crippen LogP contribution in [0.1, 0.15) is 28.8 Å². The summed E-state index contributed by atoms with van der Waals surface area (Å²) in [5.74, 6) is 0.543. The van der Waals surface area contributed by atoms with Crippen LogP contribution in [-0.4, -0.2) is 16.9 Å². The number of rotatable bonds is 3. The molecule has 0 spiro atoms. The summed E-state index contributed by atoms with van der Waals surface area (Å²) >= 11 is 1.43. The number of carbonyl (C=O) groups is 1. The molecule has 0 saturated heterocycles. The Balaban J connectivity index is 1.96. The summed E-state index contributed by atoms with van der Waals surface area (Å²) in [6, 6.07) is 0.352. The van der Waals surface area contributed by atoms with E-state index in [1.165, 1.54) is 11.3 Å². The van der Waals surface area contributed by atoms with Gasteiger partial charge in [0, 0.05) is 18.0 Å². The van der Waals surface area contributed by atoms with Gasteiger partial charge in [0.05, 0.1) is 0 Å². The van der Waals surface area contributed by atoms with Gasteiger partial charge in [-0.15, -0.1) is 11.3 Å². The standard InChI is InChI=1S/C9H13N3OS/c1-5-2-6(5)12-9(13)7-4-14-8(3-10)11-7/h4-6H,2-3,10H2,1H3,(H,12,13). The monoisotopic (exact) mass is 211 g/mol. The fraction of sp³-hybridized carbons (Fsp3) is 0.556. The lowest BCUT2D eigenvalue weighted by Gasteiger charge is -1.99. The Kier molecular flexibility index (Phi) is 2.52. The number of hydrogen-bond donors (Lipinski definition) is 2. The Morgan fingerprint density at radius 2 is 2.57 bits per heavy atom. The first-order valence-corrected chi connectivity index (χ1v) is 5.54. The third-order valence-corrected chi connectivity index (χ3v) is 3.26. The van der Waals surface area contributed by atoms with Gasteiger partial charge in [-0.05, 0) is 12.3 Å². The Morgan fingerprint density at radius 1 is 1.86 bits per heavy atom. The van der Waals surface area contributed by atoms with E-state index >= 15 is 0 Å². The van der Waals surface area contributed by atoms with Gasteiger partial charge in [0.2, 0.25) is 0 Å². The lowest BCUT2D eigenvalue weighted by molar-refractivity contribution is 0.0945. The first-order valence-electron chi connectivity index (χ1n) is 4.66. The Labute approximate surface area is 86.5 Å². The van der Waals surface area contributed by atoms with Crippen LogP contribution in [0, 0.1) is 5.92 Å². The van der Waals surface area contributed by atoms with Crippen LogP contribution in [0.4, 0.5) is 0 Å². The van der Waals surface area contributed by atoms with Crippen molar-refractivity contribution in [1.82, 2.24) is 10.3 Å². The molecular weight excluding hydrogens is 198 g/mol. The number of amides is 1. The summed E-state index contributed by atoms with van der Waals surface area (Å²) in [5, 5.41) is 5.48. The largest absolute Gasteiger partial charge is 0.348 e. The molecule has 1 aliphatic rings. The van der Waals surface area contributed by atoms with E-state index in [0.29, 0.717) is 24.2 Å². The van der Waals surface area contributed by atoms with Crippen molar-refractivity contribution in [1.29, 1.82) is 0 Å². The first-order chi connectivity index (χ1) is 6.70. The first kappa shape index (κ1) is 9.61. The number of carbonyl (C=O) groups excluding carboxylic acids is 1. The quantitative estimate of drug-likeness (QED) is 0.775. The highest BCUT2D eigenvalue weighted by Crippen LogP contribution is 2.29. The van der Waals surface area contributed by atoms with Gasteiger partial charge < -0.3 is 11.1 Å². The summed E-state index contributed by atoms with van der Waals surface area (Å²) < 4.78 is 0. The molecule has 1 fully saturated rings. The molecule has 2 atom stereocenters. The third kappa shape index (κ3) is 1.93. The number of nitrogens with one attached hydrogen (secondary N) is 1. The van der Waals surface area contributed by atoms with Crippen LogP contribution in [0.15, 0.2) is 5.38 Å². The van der Waals surface area contributed by atoms with Crippen LogP contribution in [0.5, 0.6) is 0 Å². The highest BCUT2D eigenvalue weighted by atomic mass is 32.1. The van der Waals surface area contributed by atoms with Crippen molar-refractivity contribution in [2.45, 2.75) is 25.9 Å². The van der Waals surface area contributed by atoms with Gasteiger partial charge >= 0.3 is 0 Å². The van der Waals surface area contributed by atoms with Crippen molar-refractivity contribution >= 4 is 17.2 Å². The zero-order valence-corrected chi connectivity index (χ0v) is 8.80. The van der Waals surface area contributed by atoms with Gasteiger partial charge in [-0.25, -0.2) is 4.98 Å². The van der Waals surface area contributed by atoms with Crippen LogP contribution in [-0.2, 0) is 6.54 Å². The molecular formula is C9H13N3OS. The molecule has 1 heterocycles. The molecule has 14 heavy (non-hydrogen) atoms. The van der Waals surface area contributed by atoms with E-state index in [4.69, 9.17) is 5.73 Å². The minimum atomic E-state index is -0.0738. The summed E-state index contributed by atoms with van der Waals surface area (Å²) in [4.78, 5) is 15.7. The number of nitrogens with two attached hydrogens (primary N) is 1. The van der Waals surface area contributed by atoms with Crippen LogP contribution in [0.3, 0.4) is 0 Å². The summed E-state index contributed by atoms with van der Waals surface area (Å²) in [7, 11) is 0. The average Bonchev–Trinajstić information content (AvgIpc) is 2.72. The number of nitrogens with zero attached hydrogens (tertiary/aromatic N) is 1. The van der Waals surface area contributed by atoms with Crippen LogP contribution < -0.4 is 11.1 Å². The molecule has 0 bridgehead atoms. The Morgan fingerprint density at radius 3 is 3.07 bits per heavy atom.